The van der Waals surface area contributed by atoms with Crippen LogP contribution in [-0.4, -0.2) is 28.5 Å². The highest BCUT2D eigenvalue weighted by atomic mass is 32.2. The zero-order chi connectivity index (χ0) is 19.4. The summed E-state index contributed by atoms with van der Waals surface area (Å²) in [4.78, 5) is 27.7. The Kier molecular flexibility index (Phi) is 6.22. The second kappa shape index (κ2) is 8.61. The van der Waals surface area contributed by atoms with E-state index in [1.807, 2.05) is 81.4 Å². The van der Waals surface area contributed by atoms with Crippen LogP contribution < -0.4 is 5.32 Å². The van der Waals surface area contributed by atoms with Crippen molar-refractivity contribution in [2.24, 2.45) is 5.92 Å². The van der Waals surface area contributed by atoms with Gasteiger partial charge in [-0.1, -0.05) is 74.5 Å². The lowest BCUT2D eigenvalue weighted by atomic mass is 10.1. The molecule has 3 atom stereocenters. The monoisotopic (exact) mass is 382 g/mol. The van der Waals surface area contributed by atoms with Gasteiger partial charge in [0.2, 0.25) is 11.8 Å². The van der Waals surface area contributed by atoms with Crippen molar-refractivity contribution in [1.82, 2.24) is 10.2 Å². The first-order valence-electron chi connectivity index (χ1n) is 9.33. The zero-order valence-electron chi connectivity index (χ0n) is 16.0. The number of hydrogen-bond acceptors (Lipinski definition) is 3. The van der Waals surface area contributed by atoms with Crippen LogP contribution in [0.15, 0.2) is 60.7 Å². The number of thioether (sulfide) groups is 1. The molecule has 1 saturated heterocycles. The average molecular weight is 383 g/mol. The molecule has 0 bridgehead atoms. The Hall–Kier alpha value is -2.27. The summed E-state index contributed by atoms with van der Waals surface area (Å²) in [6.07, 6.45) is 0. The first kappa shape index (κ1) is 19.5. The van der Waals surface area contributed by atoms with Gasteiger partial charge in [-0.25, -0.2) is 0 Å². The van der Waals surface area contributed by atoms with Crippen LogP contribution in [-0.2, 0) is 9.59 Å². The van der Waals surface area contributed by atoms with Crippen LogP contribution in [0, 0.1) is 5.92 Å². The maximum atomic E-state index is 13.0. The average Bonchev–Trinajstić information content (AvgIpc) is 3.13. The molecule has 2 amide bonds. The standard InChI is InChI=1S/C22H26N2O2S/c1-15(2)21(26)24-19(14-27-22(24)18-12-8-5-9-13-18)20(25)23-16(3)17-10-6-4-7-11-17/h4-13,15-16,19,22H,14H2,1-3H3,(H,23,25)/t16-,19-,22-/m0/s1. The Bertz CT molecular complexity index is 779. The lowest BCUT2D eigenvalue weighted by Crippen LogP contribution is -2.49. The summed E-state index contributed by atoms with van der Waals surface area (Å²) < 4.78 is 0. The van der Waals surface area contributed by atoms with Crippen LogP contribution in [0.25, 0.3) is 0 Å². The van der Waals surface area contributed by atoms with E-state index in [0.29, 0.717) is 5.75 Å². The van der Waals surface area contributed by atoms with Crippen molar-refractivity contribution in [1.29, 1.82) is 0 Å². The molecule has 0 radical (unpaired) electrons. The molecule has 1 aliphatic heterocycles. The number of benzene rings is 2. The highest BCUT2D eigenvalue weighted by molar-refractivity contribution is 7.99. The maximum absolute atomic E-state index is 13.0. The van der Waals surface area contributed by atoms with Gasteiger partial charge in [0.05, 0.1) is 6.04 Å². The molecular weight excluding hydrogens is 356 g/mol. The van der Waals surface area contributed by atoms with E-state index in [9.17, 15) is 9.59 Å². The van der Waals surface area contributed by atoms with Crippen molar-refractivity contribution in [2.45, 2.75) is 38.2 Å². The number of hydrogen-bond donors (Lipinski definition) is 1. The lowest BCUT2D eigenvalue weighted by Gasteiger charge is -2.31. The third-order valence-electron chi connectivity index (χ3n) is 4.79. The summed E-state index contributed by atoms with van der Waals surface area (Å²) in [5, 5.41) is 2.97. The third kappa shape index (κ3) is 4.35. The number of nitrogens with one attached hydrogen (secondary N) is 1. The summed E-state index contributed by atoms with van der Waals surface area (Å²) in [7, 11) is 0. The molecule has 5 heteroatoms. The normalized spacial score (nSPS) is 20.5. The molecule has 1 fully saturated rings. The van der Waals surface area contributed by atoms with Gasteiger partial charge in [-0.2, -0.15) is 0 Å². The SMILES string of the molecule is CC(C)C(=O)N1[C@H](C(=O)N[C@@H](C)c2ccccc2)CS[C@H]1c1ccccc1. The largest absolute Gasteiger partial charge is 0.348 e. The maximum Gasteiger partial charge on any atom is 0.244 e. The molecule has 1 N–H and O–H groups in total. The number of carbonyl (C=O) groups is 2. The number of rotatable bonds is 5. The summed E-state index contributed by atoms with van der Waals surface area (Å²) in [6.45, 7) is 5.74. The van der Waals surface area contributed by atoms with Crippen molar-refractivity contribution in [2.75, 3.05) is 5.75 Å². The van der Waals surface area contributed by atoms with Crippen LogP contribution in [0.1, 0.15) is 43.3 Å². The Morgan fingerprint density at radius 3 is 2.19 bits per heavy atom. The fourth-order valence-corrected chi connectivity index (χ4v) is 4.72. The minimum absolute atomic E-state index is 0.0152. The Balaban J connectivity index is 1.80. The van der Waals surface area contributed by atoms with E-state index in [0.717, 1.165) is 11.1 Å². The molecule has 2 aromatic carbocycles. The molecule has 1 aliphatic rings. The van der Waals surface area contributed by atoms with Crippen LogP contribution in [0.5, 0.6) is 0 Å². The molecule has 0 unspecified atom stereocenters. The minimum Gasteiger partial charge on any atom is -0.348 e. The minimum atomic E-state index is -0.457. The van der Waals surface area contributed by atoms with Crippen molar-refractivity contribution < 1.29 is 9.59 Å². The van der Waals surface area contributed by atoms with Crippen LogP contribution in [0.3, 0.4) is 0 Å². The first-order valence-corrected chi connectivity index (χ1v) is 10.4. The molecule has 0 saturated carbocycles. The van der Waals surface area contributed by atoms with Gasteiger partial charge < -0.3 is 10.2 Å². The van der Waals surface area contributed by atoms with Crippen LogP contribution in [0.4, 0.5) is 0 Å². The number of carbonyl (C=O) groups excluding carboxylic acids is 2. The molecule has 0 aliphatic carbocycles. The van der Waals surface area contributed by atoms with Gasteiger partial charge in [0.15, 0.2) is 0 Å². The quantitative estimate of drug-likeness (QED) is 0.845. The number of nitrogens with zero attached hydrogens (tertiary/aromatic N) is 1. The molecular formula is C22H26N2O2S. The second-order valence-corrected chi connectivity index (χ2v) is 8.27. The van der Waals surface area contributed by atoms with E-state index in [2.05, 4.69) is 5.32 Å². The van der Waals surface area contributed by atoms with Crippen molar-refractivity contribution >= 4 is 23.6 Å². The van der Waals surface area contributed by atoms with Gasteiger partial charge in [-0.15, -0.1) is 11.8 Å². The fraction of sp³-hybridized carbons (Fsp3) is 0.364. The Morgan fingerprint density at radius 2 is 1.59 bits per heavy atom. The van der Waals surface area contributed by atoms with Gasteiger partial charge in [0, 0.05) is 11.7 Å². The molecule has 3 rings (SSSR count). The molecule has 142 valence electrons. The zero-order valence-corrected chi connectivity index (χ0v) is 16.8. The molecule has 2 aromatic rings. The summed E-state index contributed by atoms with van der Waals surface area (Å²) in [5.74, 6) is 0.371. The van der Waals surface area contributed by atoms with Crippen LogP contribution in [0.2, 0.25) is 0 Å². The van der Waals surface area contributed by atoms with E-state index in [4.69, 9.17) is 0 Å². The summed E-state index contributed by atoms with van der Waals surface area (Å²) in [5.41, 5.74) is 2.11. The Labute approximate surface area is 165 Å². The van der Waals surface area contributed by atoms with E-state index >= 15 is 0 Å². The van der Waals surface area contributed by atoms with Crippen molar-refractivity contribution in [3.05, 3.63) is 71.8 Å². The Morgan fingerprint density at radius 1 is 1.00 bits per heavy atom. The van der Waals surface area contributed by atoms with E-state index in [1.165, 1.54) is 0 Å². The summed E-state index contributed by atoms with van der Waals surface area (Å²) in [6, 6.07) is 19.3. The first-order chi connectivity index (χ1) is 13.0. The van der Waals surface area contributed by atoms with Gasteiger partial charge in [-0.3, -0.25) is 9.59 Å². The van der Waals surface area contributed by atoms with Gasteiger partial charge in [0.25, 0.3) is 0 Å². The van der Waals surface area contributed by atoms with Gasteiger partial charge in [0.1, 0.15) is 11.4 Å². The second-order valence-electron chi connectivity index (χ2n) is 7.15. The van der Waals surface area contributed by atoms with Gasteiger partial charge in [-0.05, 0) is 18.1 Å². The number of amides is 2. The fourth-order valence-electron chi connectivity index (χ4n) is 3.28. The summed E-state index contributed by atoms with van der Waals surface area (Å²) >= 11 is 1.65. The highest BCUT2D eigenvalue weighted by Crippen LogP contribution is 2.42. The molecule has 0 aromatic heterocycles. The topological polar surface area (TPSA) is 49.4 Å². The highest BCUT2D eigenvalue weighted by Gasteiger charge is 2.43. The molecule has 4 nitrogen and oxygen atoms in total. The van der Waals surface area contributed by atoms with E-state index in [-0.39, 0.29) is 29.1 Å². The van der Waals surface area contributed by atoms with E-state index < -0.39 is 6.04 Å². The van der Waals surface area contributed by atoms with Gasteiger partial charge >= 0.3 is 0 Å². The van der Waals surface area contributed by atoms with Crippen molar-refractivity contribution in [3.8, 4) is 0 Å². The smallest absolute Gasteiger partial charge is 0.244 e. The molecule has 27 heavy (non-hydrogen) atoms. The molecule has 0 spiro atoms. The third-order valence-corrected chi connectivity index (χ3v) is 6.12. The molecule has 1 heterocycles. The predicted octanol–water partition coefficient (Wildman–Crippen LogP) is 4.16. The van der Waals surface area contributed by atoms with Crippen LogP contribution >= 0.6 is 11.8 Å². The van der Waals surface area contributed by atoms with E-state index in [1.54, 1.807) is 16.7 Å². The lowest BCUT2D eigenvalue weighted by molar-refractivity contribution is -0.142. The van der Waals surface area contributed by atoms with Crippen molar-refractivity contribution in [3.63, 3.8) is 0 Å². The predicted molar refractivity (Wildman–Crippen MR) is 110 cm³/mol.